The molecule has 0 bridgehead atoms. The normalized spacial score (nSPS) is 14.4. The third-order valence-electron chi connectivity index (χ3n) is 4.74. The lowest BCUT2D eigenvalue weighted by atomic mass is 10.1. The highest BCUT2D eigenvalue weighted by Gasteiger charge is 2.16. The molecule has 2 amide bonds. The van der Waals surface area contributed by atoms with Gasteiger partial charge in [-0.25, -0.2) is 4.79 Å². The number of carbonyl (C=O) groups is 1. The standard InChI is InChI=1S/C19H26N4O2/c1-14-18(15(2)25-21-14)13-22(3)19(24)20-16-8-7-9-17(12-16)23-10-5-4-6-11-23/h7-9,12H,4-6,10-11,13H2,1-3H3,(H,20,24). The molecule has 2 heterocycles. The van der Waals surface area contributed by atoms with Crippen LogP contribution in [0.4, 0.5) is 16.2 Å². The molecule has 0 spiro atoms. The molecule has 0 atom stereocenters. The zero-order valence-corrected chi connectivity index (χ0v) is 15.2. The van der Waals surface area contributed by atoms with Crippen molar-refractivity contribution in [2.24, 2.45) is 0 Å². The van der Waals surface area contributed by atoms with Crippen molar-refractivity contribution in [1.29, 1.82) is 0 Å². The molecule has 0 unspecified atom stereocenters. The number of hydrogen-bond acceptors (Lipinski definition) is 4. The Labute approximate surface area is 148 Å². The fraction of sp³-hybridized carbons (Fsp3) is 0.474. The molecule has 25 heavy (non-hydrogen) atoms. The maximum Gasteiger partial charge on any atom is 0.321 e. The molecule has 134 valence electrons. The van der Waals surface area contributed by atoms with Crippen molar-refractivity contribution in [3.63, 3.8) is 0 Å². The van der Waals surface area contributed by atoms with E-state index in [2.05, 4.69) is 21.4 Å². The Bertz CT molecular complexity index is 715. The van der Waals surface area contributed by atoms with E-state index < -0.39 is 0 Å². The predicted molar refractivity (Wildman–Crippen MR) is 99.0 cm³/mol. The van der Waals surface area contributed by atoms with Crippen LogP contribution in [-0.2, 0) is 6.54 Å². The van der Waals surface area contributed by atoms with E-state index in [9.17, 15) is 4.79 Å². The second-order valence-corrected chi connectivity index (χ2v) is 6.69. The molecule has 6 heteroatoms. The van der Waals surface area contributed by atoms with Crippen molar-refractivity contribution in [2.45, 2.75) is 39.7 Å². The van der Waals surface area contributed by atoms with E-state index in [1.807, 2.05) is 32.0 Å². The van der Waals surface area contributed by atoms with E-state index in [1.165, 1.54) is 24.9 Å². The maximum absolute atomic E-state index is 12.5. The highest BCUT2D eigenvalue weighted by atomic mass is 16.5. The number of carbonyl (C=O) groups excluding carboxylic acids is 1. The largest absolute Gasteiger partial charge is 0.371 e. The number of nitrogens with zero attached hydrogens (tertiary/aromatic N) is 3. The van der Waals surface area contributed by atoms with Gasteiger partial charge in [0.15, 0.2) is 0 Å². The van der Waals surface area contributed by atoms with Crippen LogP contribution in [0.25, 0.3) is 0 Å². The van der Waals surface area contributed by atoms with Gasteiger partial charge in [-0.15, -0.1) is 0 Å². The molecule has 0 aliphatic carbocycles. The summed E-state index contributed by atoms with van der Waals surface area (Å²) >= 11 is 0. The fourth-order valence-electron chi connectivity index (χ4n) is 3.19. The lowest BCUT2D eigenvalue weighted by molar-refractivity contribution is 0.220. The summed E-state index contributed by atoms with van der Waals surface area (Å²) in [5.41, 5.74) is 3.77. The van der Waals surface area contributed by atoms with E-state index >= 15 is 0 Å². The van der Waals surface area contributed by atoms with Crippen LogP contribution < -0.4 is 10.2 Å². The van der Waals surface area contributed by atoms with Gasteiger partial charge in [0.05, 0.1) is 12.2 Å². The van der Waals surface area contributed by atoms with Crippen molar-refractivity contribution in [3.8, 4) is 0 Å². The fourth-order valence-corrected chi connectivity index (χ4v) is 3.19. The lowest BCUT2D eigenvalue weighted by Gasteiger charge is -2.29. The smallest absolute Gasteiger partial charge is 0.321 e. The van der Waals surface area contributed by atoms with Crippen molar-refractivity contribution in [3.05, 3.63) is 41.3 Å². The van der Waals surface area contributed by atoms with Gasteiger partial charge in [0.25, 0.3) is 0 Å². The van der Waals surface area contributed by atoms with Crippen LogP contribution in [0.2, 0.25) is 0 Å². The summed E-state index contributed by atoms with van der Waals surface area (Å²) < 4.78 is 5.16. The molecule has 6 nitrogen and oxygen atoms in total. The lowest BCUT2D eigenvalue weighted by Crippen LogP contribution is -2.31. The third kappa shape index (κ3) is 4.13. The van der Waals surface area contributed by atoms with E-state index in [1.54, 1.807) is 11.9 Å². The first kappa shape index (κ1) is 17.3. The summed E-state index contributed by atoms with van der Waals surface area (Å²) in [7, 11) is 1.77. The number of nitrogens with one attached hydrogen (secondary N) is 1. The molecular formula is C19H26N4O2. The molecule has 3 rings (SSSR count). The summed E-state index contributed by atoms with van der Waals surface area (Å²) in [6.07, 6.45) is 3.77. The summed E-state index contributed by atoms with van der Waals surface area (Å²) in [6, 6.07) is 7.93. The first-order valence-corrected chi connectivity index (χ1v) is 8.83. The zero-order chi connectivity index (χ0) is 17.8. The van der Waals surface area contributed by atoms with Crippen LogP contribution in [0, 0.1) is 13.8 Å². The van der Waals surface area contributed by atoms with Gasteiger partial charge in [-0.3, -0.25) is 0 Å². The zero-order valence-electron chi connectivity index (χ0n) is 15.2. The number of aryl methyl sites for hydroxylation is 2. The number of aromatic nitrogens is 1. The number of benzene rings is 1. The monoisotopic (exact) mass is 342 g/mol. The number of hydrogen-bond donors (Lipinski definition) is 1. The average Bonchev–Trinajstić information content (AvgIpc) is 2.94. The van der Waals surface area contributed by atoms with Crippen molar-refractivity contribution >= 4 is 17.4 Å². The van der Waals surface area contributed by atoms with Crippen molar-refractivity contribution in [1.82, 2.24) is 10.1 Å². The molecule has 0 radical (unpaired) electrons. The van der Waals surface area contributed by atoms with Crippen molar-refractivity contribution in [2.75, 3.05) is 30.4 Å². The molecule has 2 aromatic rings. The first-order valence-electron chi connectivity index (χ1n) is 8.83. The third-order valence-corrected chi connectivity index (χ3v) is 4.74. The summed E-state index contributed by atoms with van der Waals surface area (Å²) in [6.45, 7) is 6.40. The van der Waals surface area contributed by atoms with E-state index in [4.69, 9.17) is 4.52 Å². The van der Waals surface area contributed by atoms with E-state index in [-0.39, 0.29) is 6.03 Å². The average molecular weight is 342 g/mol. The SMILES string of the molecule is Cc1noc(C)c1CN(C)C(=O)Nc1cccc(N2CCCCC2)c1. The summed E-state index contributed by atoms with van der Waals surface area (Å²) in [4.78, 5) is 16.5. The number of piperidine rings is 1. The first-order chi connectivity index (χ1) is 12.0. The van der Waals surface area contributed by atoms with Crippen LogP contribution in [0.1, 0.15) is 36.3 Å². The number of rotatable bonds is 4. The van der Waals surface area contributed by atoms with Gasteiger partial charge in [-0.2, -0.15) is 0 Å². The molecule has 1 fully saturated rings. The van der Waals surface area contributed by atoms with Gasteiger partial charge in [0, 0.05) is 37.1 Å². The Kier molecular flexibility index (Phi) is 5.26. The van der Waals surface area contributed by atoms with Crippen molar-refractivity contribution < 1.29 is 9.32 Å². The highest BCUT2D eigenvalue weighted by Crippen LogP contribution is 2.23. The van der Waals surface area contributed by atoms with Crippen LogP contribution in [-0.4, -0.2) is 36.2 Å². The summed E-state index contributed by atoms with van der Waals surface area (Å²) in [5, 5.41) is 6.92. The molecule has 0 saturated carbocycles. The van der Waals surface area contributed by atoms with E-state index in [0.717, 1.165) is 35.8 Å². The molecule has 1 aliphatic rings. The van der Waals surface area contributed by atoms with Gasteiger partial charge >= 0.3 is 6.03 Å². The van der Waals surface area contributed by atoms with Crippen LogP contribution in [0.15, 0.2) is 28.8 Å². The Morgan fingerprint density at radius 2 is 2.04 bits per heavy atom. The molecule has 1 aromatic carbocycles. The van der Waals surface area contributed by atoms with Gasteiger partial charge < -0.3 is 19.6 Å². The topological polar surface area (TPSA) is 61.6 Å². The number of anilines is 2. The van der Waals surface area contributed by atoms with E-state index in [0.29, 0.717) is 6.54 Å². The minimum absolute atomic E-state index is 0.143. The number of amides is 2. The molecule has 1 aromatic heterocycles. The highest BCUT2D eigenvalue weighted by molar-refractivity contribution is 5.89. The molecule has 1 saturated heterocycles. The van der Waals surface area contributed by atoms with Crippen LogP contribution in [0.3, 0.4) is 0 Å². The molecular weight excluding hydrogens is 316 g/mol. The molecule has 1 N–H and O–H groups in total. The maximum atomic E-state index is 12.5. The van der Waals surface area contributed by atoms with Crippen LogP contribution >= 0.6 is 0 Å². The van der Waals surface area contributed by atoms with Gasteiger partial charge in [0.2, 0.25) is 0 Å². The quantitative estimate of drug-likeness (QED) is 0.914. The van der Waals surface area contributed by atoms with Gasteiger partial charge in [0.1, 0.15) is 5.76 Å². The van der Waals surface area contributed by atoms with Gasteiger partial charge in [-0.1, -0.05) is 11.2 Å². The Morgan fingerprint density at radius 1 is 1.28 bits per heavy atom. The predicted octanol–water partition coefficient (Wildman–Crippen LogP) is 3.95. The second-order valence-electron chi connectivity index (χ2n) is 6.69. The Balaban J connectivity index is 1.64. The summed E-state index contributed by atoms with van der Waals surface area (Å²) in [5.74, 6) is 0.754. The molecule has 1 aliphatic heterocycles. The number of urea groups is 1. The van der Waals surface area contributed by atoms with Crippen LogP contribution in [0.5, 0.6) is 0 Å². The minimum atomic E-state index is -0.143. The Hall–Kier alpha value is -2.50. The minimum Gasteiger partial charge on any atom is -0.371 e. The Morgan fingerprint density at radius 3 is 2.72 bits per heavy atom. The van der Waals surface area contributed by atoms with Gasteiger partial charge in [-0.05, 0) is 51.3 Å². The second kappa shape index (κ2) is 7.59.